The molecule has 0 aliphatic carbocycles. The van der Waals surface area contributed by atoms with Crippen LogP contribution in [0.5, 0.6) is 0 Å². The molecular weight excluding hydrogens is 220 g/mol. The van der Waals surface area contributed by atoms with E-state index in [9.17, 15) is 0 Å². The second-order valence-corrected chi connectivity index (χ2v) is 5.75. The predicted octanol–water partition coefficient (Wildman–Crippen LogP) is 3.28. The van der Waals surface area contributed by atoms with Crippen LogP contribution in [-0.4, -0.2) is 19.6 Å². The maximum absolute atomic E-state index is 3.44. The number of benzene rings is 1. The van der Waals surface area contributed by atoms with Gasteiger partial charge in [-0.05, 0) is 42.5 Å². The van der Waals surface area contributed by atoms with Crippen LogP contribution >= 0.6 is 0 Å². The summed E-state index contributed by atoms with van der Waals surface area (Å²) in [5, 5.41) is 3.44. The molecule has 1 heterocycles. The van der Waals surface area contributed by atoms with E-state index < -0.39 is 0 Å². The van der Waals surface area contributed by atoms with Gasteiger partial charge in [-0.15, -0.1) is 0 Å². The van der Waals surface area contributed by atoms with Crippen molar-refractivity contribution in [3.63, 3.8) is 0 Å². The van der Waals surface area contributed by atoms with Crippen molar-refractivity contribution < 1.29 is 0 Å². The lowest BCUT2D eigenvalue weighted by Crippen LogP contribution is -2.49. The molecule has 0 unspecified atom stereocenters. The third kappa shape index (κ3) is 3.26. The molecule has 2 nitrogen and oxygen atoms in total. The molecule has 1 aliphatic rings. The smallest absolute Gasteiger partial charge is 0.0366 e. The van der Waals surface area contributed by atoms with E-state index in [1.807, 2.05) is 0 Å². The maximum atomic E-state index is 3.44. The monoisotopic (exact) mass is 246 g/mol. The Kier molecular flexibility index (Phi) is 4.65. The molecular formula is C16H26N2. The highest BCUT2D eigenvalue weighted by Crippen LogP contribution is 2.29. The first-order valence-corrected chi connectivity index (χ1v) is 7.25. The van der Waals surface area contributed by atoms with Crippen molar-refractivity contribution in [1.29, 1.82) is 0 Å². The summed E-state index contributed by atoms with van der Waals surface area (Å²) in [6.45, 7) is 11.4. The van der Waals surface area contributed by atoms with Crippen LogP contribution in [-0.2, 0) is 6.54 Å². The van der Waals surface area contributed by atoms with Crippen LogP contribution < -0.4 is 10.2 Å². The van der Waals surface area contributed by atoms with Crippen molar-refractivity contribution in [2.24, 2.45) is 11.8 Å². The Hall–Kier alpha value is -1.02. The molecule has 18 heavy (non-hydrogen) atoms. The van der Waals surface area contributed by atoms with Crippen LogP contribution in [0.1, 0.15) is 32.8 Å². The molecule has 1 saturated heterocycles. The lowest BCUT2D eigenvalue weighted by Gasteiger charge is -2.43. The summed E-state index contributed by atoms with van der Waals surface area (Å²) >= 11 is 0. The van der Waals surface area contributed by atoms with Gasteiger partial charge in [0.25, 0.3) is 0 Å². The summed E-state index contributed by atoms with van der Waals surface area (Å²) in [4.78, 5) is 2.48. The minimum atomic E-state index is 0.818. The number of rotatable bonds is 6. The molecule has 1 fully saturated rings. The van der Waals surface area contributed by atoms with E-state index in [0.717, 1.165) is 24.9 Å². The topological polar surface area (TPSA) is 15.3 Å². The Bertz CT molecular complexity index is 350. The van der Waals surface area contributed by atoms with Gasteiger partial charge in [-0.1, -0.05) is 32.9 Å². The standard InChI is InChI=1S/C16H26N2/c1-4-9-17-10-14-5-7-16(8-6-14)18-11-15(12-18)13(2)3/h5-8,13,15,17H,4,9-12H2,1-3H3. The van der Waals surface area contributed by atoms with Gasteiger partial charge >= 0.3 is 0 Å². The van der Waals surface area contributed by atoms with E-state index in [1.165, 1.54) is 30.8 Å². The molecule has 100 valence electrons. The molecule has 0 radical (unpaired) electrons. The molecule has 0 aromatic heterocycles. The Balaban J connectivity index is 1.81. The van der Waals surface area contributed by atoms with Crippen LogP contribution in [0, 0.1) is 11.8 Å². The Morgan fingerprint density at radius 1 is 1.22 bits per heavy atom. The van der Waals surface area contributed by atoms with Crippen molar-refractivity contribution in [2.75, 3.05) is 24.5 Å². The van der Waals surface area contributed by atoms with Crippen LogP contribution in [0.4, 0.5) is 5.69 Å². The number of nitrogens with one attached hydrogen (secondary N) is 1. The average molecular weight is 246 g/mol. The van der Waals surface area contributed by atoms with E-state index in [4.69, 9.17) is 0 Å². The third-order valence-electron chi connectivity index (χ3n) is 3.91. The zero-order valence-corrected chi connectivity index (χ0v) is 11.9. The lowest BCUT2D eigenvalue weighted by molar-refractivity contribution is 0.310. The first-order valence-electron chi connectivity index (χ1n) is 7.25. The zero-order valence-electron chi connectivity index (χ0n) is 11.9. The van der Waals surface area contributed by atoms with Crippen LogP contribution in [0.2, 0.25) is 0 Å². The Labute approximate surface area is 111 Å². The molecule has 0 spiro atoms. The van der Waals surface area contributed by atoms with Crippen LogP contribution in [0.3, 0.4) is 0 Å². The van der Waals surface area contributed by atoms with Crippen LogP contribution in [0.15, 0.2) is 24.3 Å². The molecule has 2 heteroatoms. The maximum Gasteiger partial charge on any atom is 0.0366 e. The molecule has 1 N–H and O–H groups in total. The van der Waals surface area contributed by atoms with Crippen molar-refractivity contribution in [3.05, 3.63) is 29.8 Å². The summed E-state index contributed by atoms with van der Waals surface area (Å²) in [6.07, 6.45) is 1.20. The highest BCUT2D eigenvalue weighted by molar-refractivity contribution is 5.49. The molecule has 0 atom stereocenters. The molecule has 1 aromatic carbocycles. The van der Waals surface area contributed by atoms with Gasteiger partial charge in [0.05, 0.1) is 0 Å². The summed E-state index contributed by atoms with van der Waals surface area (Å²) in [5.74, 6) is 1.70. The summed E-state index contributed by atoms with van der Waals surface area (Å²) in [7, 11) is 0. The van der Waals surface area contributed by atoms with Gasteiger partial charge < -0.3 is 10.2 Å². The molecule has 1 aliphatic heterocycles. The second-order valence-electron chi connectivity index (χ2n) is 5.75. The highest BCUT2D eigenvalue weighted by atomic mass is 15.2. The zero-order chi connectivity index (χ0) is 13.0. The molecule has 1 aromatic rings. The van der Waals surface area contributed by atoms with Crippen molar-refractivity contribution in [2.45, 2.75) is 33.7 Å². The molecule has 0 bridgehead atoms. The fourth-order valence-electron chi connectivity index (χ4n) is 2.38. The highest BCUT2D eigenvalue weighted by Gasteiger charge is 2.28. The largest absolute Gasteiger partial charge is 0.371 e. The summed E-state index contributed by atoms with van der Waals surface area (Å²) in [6, 6.07) is 9.03. The third-order valence-corrected chi connectivity index (χ3v) is 3.91. The van der Waals surface area contributed by atoms with Gasteiger partial charge in [-0.3, -0.25) is 0 Å². The number of anilines is 1. The van der Waals surface area contributed by atoms with E-state index in [2.05, 4.69) is 55.3 Å². The predicted molar refractivity (Wildman–Crippen MR) is 79.0 cm³/mol. The normalized spacial score (nSPS) is 16.1. The van der Waals surface area contributed by atoms with Gasteiger partial charge in [0.15, 0.2) is 0 Å². The minimum absolute atomic E-state index is 0.818. The van der Waals surface area contributed by atoms with Gasteiger partial charge in [0.2, 0.25) is 0 Å². The number of nitrogens with zero attached hydrogens (tertiary/aromatic N) is 1. The minimum Gasteiger partial charge on any atom is -0.371 e. The average Bonchev–Trinajstić information content (AvgIpc) is 2.29. The van der Waals surface area contributed by atoms with Gasteiger partial charge in [-0.2, -0.15) is 0 Å². The SMILES string of the molecule is CCCNCc1ccc(N2CC(C(C)C)C2)cc1. The second kappa shape index (κ2) is 6.24. The lowest BCUT2D eigenvalue weighted by atomic mass is 9.88. The molecule has 0 amide bonds. The van der Waals surface area contributed by atoms with Gasteiger partial charge in [0.1, 0.15) is 0 Å². The quantitative estimate of drug-likeness (QED) is 0.775. The van der Waals surface area contributed by atoms with E-state index in [1.54, 1.807) is 0 Å². The van der Waals surface area contributed by atoms with E-state index >= 15 is 0 Å². The number of hydrogen-bond acceptors (Lipinski definition) is 2. The summed E-state index contributed by atoms with van der Waals surface area (Å²) in [5.41, 5.74) is 2.76. The molecule has 0 saturated carbocycles. The first-order chi connectivity index (χ1) is 8.70. The van der Waals surface area contributed by atoms with Gasteiger partial charge in [-0.25, -0.2) is 0 Å². The van der Waals surface area contributed by atoms with Crippen molar-refractivity contribution in [3.8, 4) is 0 Å². The first kappa shape index (κ1) is 13.4. The van der Waals surface area contributed by atoms with Crippen molar-refractivity contribution >= 4 is 5.69 Å². The van der Waals surface area contributed by atoms with Gasteiger partial charge in [0, 0.05) is 25.3 Å². The van der Waals surface area contributed by atoms with E-state index in [-0.39, 0.29) is 0 Å². The molecule has 2 rings (SSSR count). The summed E-state index contributed by atoms with van der Waals surface area (Å²) < 4.78 is 0. The van der Waals surface area contributed by atoms with E-state index in [0.29, 0.717) is 0 Å². The van der Waals surface area contributed by atoms with Crippen LogP contribution in [0.25, 0.3) is 0 Å². The van der Waals surface area contributed by atoms with Crippen molar-refractivity contribution in [1.82, 2.24) is 5.32 Å². The fourth-order valence-corrected chi connectivity index (χ4v) is 2.38. The Morgan fingerprint density at radius 2 is 1.89 bits per heavy atom. The number of hydrogen-bond donors (Lipinski definition) is 1. The Morgan fingerprint density at radius 3 is 2.44 bits per heavy atom. The fraction of sp³-hybridized carbons (Fsp3) is 0.625.